The van der Waals surface area contributed by atoms with Crippen molar-refractivity contribution in [2.75, 3.05) is 14.2 Å². The number of hydrogen-bond acceptors (Lipinski definition) is 3. The summed E-state index contributed by atoms with van der Waals surface area (Å²) >= 11 is 0. The van der Waals surface area contributed by atoms with Crippen molar-refractivity contribution in [3.63, 3.8) is 0 Å². The van der Waals surface area contributed by atoms with Crippen LogP contribution in [0.15, 0.2) is 60.7 Å². The van der Waals surface area contributed by atoms with Gasteiger partial charge in [0.2, 0.25) is 5.91 Å². The molecule has 1 amide bonds. The highest BCUT2D eigenvalue weighted by Gasteiger charge is 2.04. The predicted molar refractivity (Wildman–Crippen MR) is 104 cm³/mol. The first kappa shape index (κ1) is 17.8. The van der Waals surface area contributed by atoms with E-state index in [-0.39, 0.29) is 5.91 Å². The van der Waals surface area contributed by atoms with E-state index < -0.39 is 0 Å². The molecule has 3 aromatic carbocycles. The number of rotatable bonds is 7. The van der Waals surface area contributed by atoms with Crippen molar-refractivity contribution in [1.29, 1.82) is 0 Å². The third-order valence-electron chi connectivity index (χ3n) is 4.38. The fraction of sp³-hybridized carbons (Fsp3) is 0.227. The van der Waals surface area contributed by atoms with Gasteiger partial charge < -0.3 is 14.8 Å². The minimum Gasteiger partial charge on any atom is -0.497 e. The zero-order valence-electron chi connectivity index (χ0n) is 15.1. The number of hydrogen-bond donors (Lipinski definition) is 1. The van der Waals surface area contributed by atoms with Gasteiger partial charge in [-0.3, -0.25) is 4.79 Å². The summed E-state index contributed by atoms with van der Waals surface area (Å²) in [6.45, 7) is 0.527. The van der Waals surface area contributed by atoms with Crippen molar-refractivity contribution in [1.82, 2.24) is 5.32 Å². The van der Waals surface area contributed by atoms with Gasteiger partial charge in [0.25, 0.3) is 0 Å². The first-order valence-corrected chi connectivity index (χ1v) is 8.64. The highest BCUT2D eigenvalue weighted by atomic mass is 16.5. The average molecular weight is 349 g/mol. The molecule has 0 aliphatic carbocycles. The quantitative estimate of drug-likeness (QED) is 0.698. The van der Waals surface area contributed by atoms with Crippen molar-refractivity contribution in [2.24, 2.45) is 0 Å². The smallest absolute Gasteiger partial charge is 0.220 e. The van der Waals surface area contributed by atoms with E-state index in [2.05, 4.69) is 17.4 Å². The van der Waals surface area contributed by atoms with Crippen LogP contribution in [-0.4, -0.2) is 20.1 Å². The Morgan fingerprint density at radius 2 is 1.58 bits per heavy atom. The number of fused-ring (bicyclic) bond motifs is 1. The van der Waals surface area contributed by atoms with Crippen LogP contribution >= 0.6 is 0 Å². The normalized spacial score (nSPS) is 10.5. The molecule has 0 saturated heterocycles. The monoisotopic (exact) mass is 349 g/mol. The van der Waals surface area contributed by atoms with Crippen molar-refractivity contribution in [3.8, 4) is 11.5 Å². The lowest BCUT2D eigenvalue weighted by Gasteiger charge is -2.08. The fourth-order valence-electron chi connectivity index (χ4n) is 2.89. The maximum absolute atomic E-state index is 12.1. The number of carbonyl (C=O) groups excluding carboxylic acids is 1. The van der Waals surface area contributed by atoms with Crippen molar-refractivity contribution >= 4 is 16.7 Å². The first-order chi connectivity index (χ1) is 12.7. The molecule has 0 spiro atoms. The molecule has 0 aromatic heterocycles. The number of carbonyl (C=O) groups is 1. The number of methoxy groups -OCH3 is 2. The predicted octanol–water partition coefficient (Wildman–Crippen LogP) is 4.11. The Balaban J connectivity index is 1.54. The van der Waals surface area contributed by atoms with E-state index in [1.807, 2.05) is 48.5 Å². The van der Waals surface area contributed by atoms with Crippen LogP contribution in [0.1, 0.15) is 17.5 Å². The van der Waals surface area contributed by atoms with E-state index >= 15 is 0 Å². The van der Waals surface area contributed by atoms with E-state index in [0.717, 1.165) is 33.4 Å². The lowest BCUT2D eigenvalue weighted by molar-refractivity contribution is -0.121. The molecule has 1 N–H and O–H groups in total. The number of aryl methyl sites for hydroxylation is 1. The molecular weight excluding hydrogens is 326 g/mol. The Morgan fingerprint density at radius 1 is 0.846 bits per heavy atom. The Kier molecular flexibility index (Phi) is 5.74. The average Bonchev–Trinajstić information content (AvgIpc) is 2.70. The van der Waals surface area contributed by atoms with Gasteiger partial charge in [-0.05, 0) is 58.7 Å². The molecule has 4 nitrogen and oxygen atoms in total. The number of benzene rings is 3. The largest absolute Gasteiger partial charge is 0.497 e. The molecule has 4 heteroatoms. The highest BCUT2D eigenvalue weighted by molar-refractivity contribution is 5.84. The lowest BCUT2D eigenvalue weighted by atomic mass is 10.1. The molecule has 0 atom stereocenters. The van der Waals surface area contributed by atoms with Crippen LogP contribution in [0.4, 0.5) is 0 Å². The third-order valence-corrected chi connectivity index (χ3v) is 4.38. The minimum atomic E-state index is 0.0441. The highest BCUT2D eigenvalue weighted by Crippen LogP contribution is 2.22. The number of nitrogens with one attached hydrogen (secondary N) is 1. The van der Waals surface area contributed by atoms with Gasteiger partial charge in [0.05, 0.1) is 14.2 Å². The van der Waals surface area contributed by atoms with Crippen LogP contribution in [0.2, 0.25) is 0 Å². The zero-order valence-corrected chi connectivity index (χ0v) is 15.1. The van der Waals surface area contributed by atoms with Crippen LogP contribution < -0.4 is 14.8 Å². The van der Waals surface area contributed by atoms with Gasteiger partial charge >= 0.3 is 0 Å². The summed E-state index contributed by atoms with van der Waals surface area (Å²) in [7, 11) is 3.31. The molecule has 0 heterocycles. The van der Waals surface area contributed by atoms with Gasteiger partial charge in [-0.2, -0.15) is 0 Å². The fourth-order valence-corrected chi connectivity index (χ4v) is 2.89. The Hall–Kier alpha value is -3.01. The van der Waals surface area contributed by atoms with E-state index in [1.165, 1.54) is 0 Å². The summed E-state index contributed by atoms with van der Waals surface area (Å²) in [5.41, 5.74) is 2.18. The molecule has 0 radical (unpaired) electrons. The first-order valence-electron chi connectivity index (χ1n) is 8.64. The summed E-state index contributed by atoms with van der Waals surface area (Å²) < 4.78 is 10.5. The zero-order chi connectivity index (χ0) is 18.4. The van der Waals surface area contributed by atoms with Gasteiger partial charge in [0.1, 0.15) is 11.5 Å². The Labute approximate surface area is 153 Å². The molecule has 0 aliphatic rings. The summed E-state index contributed by atoms with van der Waals surface area (Å²) in [4.78, 5) is 12.1. The number of amides is 1. The van der Waals surface area contributed by atoms with Crippen molar-refractivity contribution < 1.29 is 14.3 Å². The van der Waals surface area contributed by atoms with Crippen LogP contribution in [0.5, 0.6) is 11.5 Å². The van der Waals surface area contributed by atoms with E-state index in [4.69, 9.17) is 9.47 Å². The van der Waals surface area contributed by atoms with Crippen LogP contribution in [0, 0.1) is 0 Å². The van der Waals surface area contributed by atoms with Crippen LogP contribution in [-0.2, 0) is 17.8 Å². The van der Waals surface area contributed by atoms with Crippen molar-refractivity contribution in [3.05, 3.63) is 71.8 Å². The SMILES string of the molecule is COc1cccc(CCC(=O)NCc2ccc3cc(OC)ccc3c2)c1. The Morgan fingerprint density at radius 3 is 2.38 bits per heavy atom. The molecule has 0 unspecified atom stereocenters. The molecular formula is C22H23NO3. The van der Waals surface area contributed by atoms with Gasteiger partial charge in [-0.25, -0.2) is 0 Å². The van der Waals surface area contributed by atoms with Crippen LogP contribution in [0.25, 0.3) is 10.8 Å². The van der Waals surface area contributed by atoms with E-state index in [9.17, 15) is 4.79 Å². The molecule has 3 rings (SSSR count). The third kappa shape index (κ3) is 4.54. The molecule has 0 aliphatic heterocycles. The molecule has 3 aromatic rings. The summed E-state index contributed by atoms with van der Waals surface area (Å²) in [5, 5.41) is 5.25. The maximum atomic E-state index is 12.1. The lowest BCUT2D eigenvalue weighted by Crippen LogP contribution is -2.22. The topological polar surface area (TPSA) is 47.6 Å². The second-order valence-corrected chi connectivity index (χ2v) is 6.18. The summed E-state index contributed by atoms with van der Waals surface area (Å²) in [6.07, 6.45) is 1.15. The molecule has 0 saturated carbocycles. The second kappa shape index (κ2) is 8.39. The Bertz CT molecular complexity index is 905. The maximum Gasteiger partial charge on any atom is 0.220 e. The standard InChI is InChI=1S/C22H23NO3/c1-25-20-5-3-4-16(13-20)7-11-22(24)23-15-17-6-8-19-14-21(26-2)10-9-18(19)12-17/h3-6,8-10,12-14H,7,11,15H2,1-2H3,(H,23,24). The molecule has 0 bridgehead atoms. The van der Waals surface area contributed by atoms with E-state index in [1.54, 1.807) is 14.2 Å². The molecule has 26 heavy (non-hydrogen) atoms. The minimum absolute atomic E-state index is 0.0441. The van der Waals surface area contributed by atoms with Crippen LogP contribution in [0.3, 0.4) is 0 Å². The van der Waals surface area contributed by atoms with Gasteiger partial charge in [0, 0.05) is 13.0 Å². The van der Waals surface area contributed by atoms with Gasteiger partial charge in [0.15, 0.2) is 0 Å². The number of ether oxygens (including phenoxy) is 2. The van der Waals surface area contributed by atoms with Gasteiger partial charge in [-0.1, -0.05) is 30.3 Å². The van der Waals surface area contributed by atoms with E-state index in [0.29, 0.717) is 19.4 Å². The molecule has 0 fully saturated rings. The molecule has 134 valence electrons. The summed E-state index contributed by atoms with van der Waals surface area (Å²) in [6, 6.07) is 20.0. The summed E-state index contributed by atoms with van der Waals surface area (Å²) in [5.74, 6) is 1.70. The second-order valence-electron chi connectivity index (χ2n) is 6.18. The van der Waals surface area contributed by atoms with Crippen molar-refractivity contribution in [2.45, 2.75) is 19.4 Å². The van der Waals surface area contributed by atoms with Gasteiger partial charge in [-0.15, -0.1) is 0 Å².